The van der Waals surface area contributed by atoms with Gasteiger partial charge in [-0.25, -0.2) is 4.98 Å². The highest BCUT2D eigenvalue weighted by atomic mass is 35.5. The van der Waals surface area contributed by atoms with Crippen LogP contribution in [0.2, 0.25) is 0 Å². The molecule has 1 aromatic heterocycles. The van der Waals surface area contributed by atoms with Crippen molar-refractivity contribution >= 4 is 18.3 Å². The van der Waals surface area contributed by atoms with E-state index in [4.69, 9.17) is 0 Å². The lowest BCUT2D eigenvalue weighted by atomic mass is 10.0. The third-order valence-corrected chi connectivity index (χ3v) is 4.50. The minimum absolute atomic E-state index is 0. The average molecular weight is 335 g/mol. The van der Waals surface area contributed by atoms with Crippen LogP contribution in [0, 0.1) is 13.8 Å². The fourth-order valence-corrected chi connectivity index (χ4v) is 3.01. The number of benzene rings is 1. The highest BCUT2D eigenvalue weighted by Gasteiger charge is 2.31. The zero-order valence-electron chi connectivity index (χ0n) is 13.7. The summed E-state index contributed by atoms with van der Waals surface area (Å²) >= 11 is 0. The van der Waals surface area contributed by atoms with Crippen molar-refractivity contribution in [3.05, 3.63) is 53.1 Å². The molecule has 2 heterocycles. The minimum Gasteiger partial charge on any atom is -0.336 e. The number of halogens is 1. The maximum absolute atomic E-state index is 13.1. The summed E-state index contributed by atoms with van der Waals surface area (Å²) in [5.41, 5.74) is 3.00. The molecule has 1 atom stereocenters. The second-order valence-corrected chi connectivity index (χ2v) is 5.86. The number of rotatable bonds is 2. The monoisotopic (exact) mass is 334 g/mol. The van der Waals surface area contributed by atoms with Crippen molar-refractivity contribution in [1.82, 2.24) is 19.8 Å². The predicted molar refractivity (Wildman–Crippen MR) is 93.0 cm³/mol. The molecule has 1 unspecified atom stereocenters. The Kier molecular flexibility index (Phi) is 5.44. The summed E-state index contributed by atoms with van der Waals surface area (Å²) in [6.07, 6.45) is 3.70. The number of carbonyl (C=O) groups is 1. The molecule has 0 aliphatic carbocycles. The van der Waals surface area contributed by atoms with Crippen molar-refractivity contribution in [2.24, 2.45) is 7.05 Å². The number of piperazine rings is 1. The first-order chi connectivity index (χ1) is 10.6. The van der Waals surface area contributed by atoms with Gasteiger partial charge in [0.05, 0.1) is 0 Å². The molecule has 23 heavy (non-hydrogen) atoms. The molecule has 1 aromatic carbocycles. The van der Waals surface area contributed by atoms with Crippen molar-refractivity contribution in [2.45, 2.75) is 19.9 Å². The molecule has 1 fully saturated rings. The van der Waals surface area contributed by atoms with Crippen LogP contribution < -0.4 is 5.32 Å². The summed E-state index contributed by atoms with van der Waals surface area (Å²) in [5, 5.41) is 3.37. The van der Waals surface area contributed by atoms with Crippen molar-refractivity contribution in [2.75, 3.05) is 19.6 Å². The van der Waals surface area contributed by atoms with Crippen LogP contribution in [0.4, 0.5) is 0 Å². The maximum atomic E-state index is 13.1. The van der Waals surface area contributed by atoms with E-state index < -0.39 is 0 Å². The van der Waals surface area contributed by atoms with Crippen LogP contribution in [0.3, 0.4) is 0 Å². The molecule has 1 N–H and O–H groups in total. The summed E-state index contributed by atoms with van der Waals surface area (Å²) in [6.45, 7) is 6.31. The quantitative estimate of drug-likeness (QED) is 0.916. The second-order valence-electron chi connectivity index (χ2n) is 5.86. The molecule has 0 spiro atoms. The van der Waals surface area contributed by atoms with Crippen LogP contribution in [0.1, 0.15) is 33.4 Å². The lowest BCUT2D eigenvalue weighted by Crippen LogP contribution is -2.49. The smallest absolute Gasteiger partial charge is 0.254 e. The van der Waals surface area contributed by atoms with E-state index >= 15 is 0 Å². The number of aromatic nitrogens is 2. The fourth-order valence-electron chi connectivity index (χ4n) is 3.01. The van der Waals surface area contributed by atoms with E-state index in [-0.39, 0.29) is 24.4 Å². The van der Waals surface area contributed by atoms with Crippen LogP contribution in [0.15, 0.2) is 30.6 Å². The third-order valence-electron chi connectivity index (χ3n) is 4.50. The number of nitrogens with one attached hydrogen (secondary N) is 1. The Bertz CT molecular complexity index is 698. The first kappa shape index (κ1) is 17.5. The molecule has 1 aliphatic rings. The van der Waals surface area contributed by atoms with E-state index in [0.29, 0.717) is 6.54 Å². The zero-order valence-corrected chi connectivity index (χ0v) is 14.6. The Balaban J connectivity index is 0.00000192. The highest BCUT2D eigenvalue weighted by molar-refractivity contribution is 5.96. The summed E-state index contributed by atoms with van der Waals surface area (Å²) in [4.78, 5) is 19.4. The van der Waals surface area contributed by atoms with Gasteiger partial charge in [-0.1, -0.05) is 12.1 Å². The van der Waals surface area contributed by atoms with E-state index in [1.807, 2.05) is 54.8 Å². The van der Waals surface area contributed by atoms with Crippen molar-refractivity contribution < 1.29 is 4.79 Å². The number of hydrogen-bond acceptors (Lipinski definition) is 3. The van der Waals surface area contributed by atoms with Gasteiger partial charge in [-0.05, 0) is 31.0 Å². The maximum Gasteiger partial charge on any atom is 0.254 e. The standard InChI is InChI=1S/C17H22N4O.ClH/c1-12-5-4-6-14(13(12)2)17(22)21-10-7-18-11-15(21)16-19-8-9-20(16)3;/h4-6,8-9,15,18H,7,10-11H2,1-3H3;1H. The lowest BCUT2D eigenvalue weighted by Gasteiger charge is -2.36. The van der Waals surface area contributed by atoms with Gasteiger partial charge in [0, 0.05) is 44.6 Å². The first-order valence-corrected chi connectivity index (χ1v) is 7.64. The van der Waals surface area contributed by atoms with Crippen molar-refractivity contribution in [3.8, 4) is 0 Å². The molecular formula is C17H23ClN4O. The summed E-state index contributed by atoms with van der Waals surface area (Å²) in [7, 11) is 1.97. The van der Waals surface area contributed by atoms with Crippen LogP contribution in [0.5, 0.6) is 0 Å². The molecule has 124 valence electrons. The summed E-state index contributed by atoms with van der Waals surface area (Å²) in [6, 6.07) is 5.89. The number of aryl methyl sites for hydroxylation is 2. The van der Waals surface area contributed by atoms with Gasteiger partial charge in [-0.3, -0.25) is 4.79 Å². The number of imidazole rings is 1. The highest BCUT2D eigenvalue weighted by Crippen LogP contribution is 2.24. The molecule has 1 amide bonds. The molecular weight excluding hydrogens is 312 g/mol. The largest absolute Gasteiger partial charge is 0.336 e. The Morgan fingerprint density at radius 1 is 1.35 bits per heavy atom. The zero-order chi connectivity index (χ0) is 15.7. The minimum atomic E-state index is -0.0267. The van der Waals surface area contributed by atoms with Crippen LogP contribution in [-0.2, 0) is 7.05 Å². The van der Waals surface area contributed by atoms with Gasteiger partial charge in [0.2, 0.25) is 0 Å². The summed E-state index contributed by atoms with van der Waals surface area (Å²) in [5.74, 6) is 1.02. The van der Waals surface area contributed by atoms with Gasteiger partial charge in [0.25, 0.3) is 5.91 Å². The Labute approximate surface area is 143 Å². The predicted octanol–water partition coefficient (Wildman–Crippen LogP) is 2.25. The molecule has 0 radical (unpaired) electrons. The Hall–Kier alpha value is -1.85. The molecule has 5 nitrogen and oxygen atoms in total. The van der Waals surface area contributed by atoms with E-state index in [1.165, 1.54) is 0 Å². The van der Waals surface area contributed by atoms with E-state index in [2.05, 4.69) is 10.3 Å². The lowest BCUT2D eigenvalue weighted by molar-refractivity contribution is 0.0620. The molecule has 0 saturated carbocycles. The number of nitrogens with zero attached hydrogens (tertiary/aromatic N) is 3. The number of hydrogen-bond donors (Lipinski definition) is 1. The topological polar surface area (TPSA) is 50.2 Å². The first-order valence-electron chi connectivity index (χ1n) is 7.64. The van der Waals surface area contributed by atoms with Gasteiger partial charge in [-0.2, -0.15) is 0 Å². The second kappa shape index (κ2) is 7.15. The van der Waals surface area contributed by atoms with Crippen molar-refractivity contribution in [3.63, 3.8) is 0 Å². The average Bonchev–Trinajstić information content (AvgIpc) is 2.95. The SMILES string of the molecule is Cc1cccc(C(=O)N2CCNCC2c2nccn2C)c1C.Cl. The van der Waals surface area contributed by atoms with E-state index in [1.54, 1.807) is 6.20 Å². The summed E-state index contributed by atoms with van der Waals surface area (Å²) < 4.78 is 1.99. The third kappa shape index (κ3) is 3.26. The molecule has 2 aromatic rings. The van der Waals surface area contributed by atoms with Crippen LogP contribution >= 0.6 is 12.4 Å². The van der Waals surface area contributed by atoms with E-state index in [0.717, 1.165) is 35.6 Å². The molecule has 6 heteroatoms. The number of carbonyl (C=O) groups excluding carboxylic acids is 1. The van der Waals surface area contributed by atoms with Crippen LogP contribution in [-0.4, -0.2) is 40.0 Å². The Morgan fingerprint density at radius 2 is 2.13 bits per heavy atom. The van der Waals surface area contributed by atoms with Crippen molar-refractivity contribution in [1.29, 1.82) is 0 Å². The normalized spacial score (nSPS) is 17.7. The molecule has 3 rings (SSSR count). The molecule has 0 bridgehead atoms. The number of amides is 1. The Morgan fingerprint density at radius 3 is 2.83 bits per heavy atom. The van der Waals surface area contributed by atoms with Gasteiger partial charge >= 0.3 is 0 Å². The van der Waals surface area contributed by atoms with Crippen LogP contribution in [0.25, 0.3) is 0 Å². The molecule has 1 aliphatic heterocycles. The van der Waals surface area contributed by atoms with Gasteiger partial charge in [0.1, 0.15) is 11.9 Å². The van der Waals surface area contributed by atoms with Gasteiger partial charge in [0.15, 0.2) is 0 Å². The molecule has 1 saturated heterocycles. The van der Waals surface area contributed by atoms with E-state index in [9.17, 15) is 4.79 Å². The van der Waals surface area contributed by atoms with Gasteiger partial charge < -0.3 is 14.8 Å². The van der Waals surface area contributed by atoms with Gasteiger partial charge in [-0.15, -0.1) is 12.4 Å². The fraction of sp³-hybridized carbons (Fsp3) is 0.412.